The Bertz CT molecular complexity index is 959. The Hall–Kier alpha value is -0.570. The normalized spacial score (nSPS) is 35.8. The minimum atomic E-state index is 0.0408. The predicted molar refractivity (Wildman–Crippen MR) is 220 cm³/mol. The zero-order valence-electron chi connectivity index (χ0n) is 35.2. The smallest absolute Gasteiger partial charge is 0.306 e. The second kappa shape index (κ2) is 21.1. The molecule has 6 saturated carbocycles. The molecular formula is C49H87NO2. The van der Waals surface area contributed by atoms with Crippen molar-refractivity contribution in [1.29, 1.82) is 0 Å². The van der Waals surface area contributed by atoms with Gasteiger partial charge in [-0.15, -0.1) is 0 Å². The second-order valence-corrected chi connectivity index (χ2v) is 20.7. The first kappa shape index (κ1) is 41.1. The van der Waals surface area contributed by atoms with Crippen LogP contribution < -0.4 is 0 Å². The molecule has 0 aliphatic heterocycles. The van der Waals surface area contributed by atoms with Crippen LogP contribution in [0.25, 0.3) is 0 Å². The van der Waals surface area contributed by atoms with E-state index in [9.17, 15) is 4.79 Å². The lowest BCUT2D eigenvalue weighted by atomic mass is 10.0. The summed E-state index contributed by atoms with van der Waals surface area (Å²) in [7, 11) is 4.17. The van der Waals surface area contributed by atoms with Gasteiger partial charge in [-0.2, -0.15) is 0 Å². The van der Waals surface area contributed by atoms with Gasteiger partial charge in [-0.25, -0.2) is 0 Å². The van der Waals surface area contributed by atoms with Crippen LogP contribution in [-0.4, -0.2) is 37.6 Å². The molecule has 0 aromatic rings. The van der Waals surface area contributed by atoms with E-state index in [1.165, 1.54) is 103 Å². The molecule has 0 radical (unpaired) electrons. The van der Waals surface area contributed by atoms with Crippen molar-refractivity contribution in [3.05, 3.63) is 0 Å². The Morgan fingerprint density at radius 2 is 0.827 bits per heavy atom. The van der Waals surface area contributed by atoms with Crippen molar-refractivity contribution in [1.82, 2.24) is 4.90 Å². The summed E-state index contributed by atoms with van der Waals surface area (Å²) in [5, 5.41) is 0. The number of unbranched alkanes of at least 4 members (excludes halogenated alkanes) is 10. The number of carbonyl (C=O) groups excluding carboxylic acids is 1. The summed E-state index contributed by atoms with van der Waals surface area (Å²) in [6, 6.07) is 0. The van der Waals surface area contributed by atoms with Crippen molar-refractivity contribution < 1.29 is 9.53 Å². The van der Waals surface area contributed by atoms with Gasteiger partial charge in [0, 0.05) is 6.42 Å². The summed E-state index contributed by atoms with van der Waals surface area (Å²) in [5.74, 6) is 13.4. The van der Waals surface area contributed by atoms with Crippen molar-refractivity contribution >= 4 is 5.97 Å². The van der Waals surface area contributed by atoms with E-state index >= 15 is 0 Å². The summed E-state index contributed by atoms with van der Waals surface area (Å²) >= 11 is 0. The summed E-state index contributed by atoms with van der Waals surface area (Å²) in [6.45, 7) is 5.74. The number of carbonyl (C=O) groups is 1. The van der Waals surface area contributed by atoms with E-state index in [0.717, 1.165) is 96.8 Å². The van der Waals surface area contributed by atoms with Crippen LogP contribution in [0.2, 0.25) is 0 Å². The minimum absolute atomic E-state index is 0.0408. The zero-order valence-corrected chi connectivity index (χ0v) is 35.2. The molecule has 300 valence electrons. The van der Waals surface area contributed by atoms with Gasteiger partial charge >= 0.3 is 5.97 Å². The van der Waals surface area contributed by atoms with Crippen LogP contribution in [0.15, 0.2) is 0 Å². The predicted octanol–water partition coefficient (Wildman–Crippen LogP) is 13.7. The molecule has 0 amide bonds. The highest BCUT2D eigenvalue weighted by Crippen LogP contribution is 2.59. The maximum atomic E-state index is 12.7. The number of hydrogen-bond acceptors (Lipinski definition) is 3. The molecule has 6 rings (SSSR count). The molecule has 3 nitrogen and oxygen atoms in total. The molecule has 6 aliphatic rings. The molecule has 0 aromatic heterocycles. The van der Waals surface area contributed by atoms with Crippen LogP contribution in [0.3, 0.4) is 0 Å². The Morgan fingerprint density at radius 3 is 1.23 bits per heavy atom. The van der Waals surface area contributed by atoms with Crippen LogP contribution in [0.4, 0.5) is 0 Å². The second-order valence-electron chi connectivity index (χ2n) is 20.7. The number of esters is 1. The molecular weight excluding hydrogens is 635 g/mol. The highest BCUT2D eigenvalue weighted by atomic mass is 16.5. The largest absolute Gasteiger partial charge is 0.462 e. The molecule has 6 aliphatic carbocycles. The standard InChI is InChI=1S/C49H87NO2/c1-5-36-26-40(36)30-44-34-46(44)32-42-28-38(42)20-15-11-7-9-13-17-22-48(52-49(51)24-19-25-50(3)4)23-18-14-10-8-12-16-21-39-29-43(39)33-47-35-45(47)31-41-27-37(41)6-2/h36-48H,5-35H2,1-4H3/t36?,37?,38?,39?,40?,41?,42?,43?,44-,45?,46?,47?,48?/m1/s1. The van der Waals surface area contributed by atoms with Crippen LogP contribution in [0.5, 0.6) is 0 Å². The maximum Gasteiger partial charge on any atom is 0.306 e. The monoisotopic (exact) mass is 722 g/mol. The van der Waals surface area contributed by atoms with Crippen LogP contribution >= 0.6 is 0 Å². The van der Waals surface area contributed by atoms with Crippen LogP contribution in [-0.2, 0) is 9.53 Å². The highest BCUT2D eigenvalue weighted by Gasteiger charge is 2.49. The third-order valence-electron chi connectivity index (χ3n) is 15.9. The minimum Gasteiger partial charge on any atom is -0.462 e. The van der Waals surface area contributed by atoms with Crippen LogP contribution in [0.1, 0.15) is 206 Å². The van der Waals surface area contributed by atoms with Gasteiger partial charge < -0.3 is 9.64 Å². The molecule has 0 saturated heterocycles. The Morgan fingerprint density at radius 1 is 0.481 bits per heavy atom. The summed E-state index contributed by atoms with van der Waals surface area (Å²) < 4.78 is 6.09. The van der Waals surface area contributed by atoms with E-state index in [-0.39, 0.29) is 12.1 Å². The molecule has 52 heavy (non-hydrogen) atoms. The molecule has 3 heteroatoms. The van der Waals surface area contributed by atoms with Gasteiger partial charge in [0.2, 0.25) is 0 Å². The fraction of sp³-hybridized carbons (Fsp3) is 0.980. The lowest BCUT2D eigenvalue weighted by Crippen LogP contribution is -2.20. The van der Waals surface area contributed by atoms with E-state index in [1.54, 1.807) is 64.2 Å². The van der Waals surface area contributed by atoms with Crippen molar-refractivity contribution in [2.45, 2.75) is 213 Å². The lowest BCUT2D eigenvalue weighted by molar-refractivity contribution is -0.150. The van der Waals surface area contributed by atoms with Gasteiger partial charge in [-0.1, -0.05) is 104 Å². The third-order valence-corrected chi connectivity index (χ3v) is 15.9. The maximum absolute atomic E-state index is 12.7. The fourth-order valence-corrected chi connectivity index (χ4v) is 11.5. The van der Waals surface area contributed by atoms with Crippen molar-refractivity contribution in [3.8, 4) is 0 Å². The first-order valence-electron chi connectivity index (χ1n) is 24.2. The van der Waals surface area contributed by atoms with Gasteiger partial charge in [-0.05, 0) is 188 Å². The van der Waals surface area contributed by atoms with Crippen molar-refractivity contribution in [3.63, 3.8) is 0 Å². The van der Waals surface area contributed by atoms with E-state index in [1.807, 2.05) is 0 Å². The Labute approximate surface area is 323 Å². The summed E-state index contributed by atoms with van der Waals surface area (Å²) in [5.41, 5.74) is 0. The average molecular weight is 722 g/mol. The quantitative estimate of drug-likeness (QED) is 0.0499. The van der Waals surface area contributed by atoms with E-state index in [0.29, 0.717) is 6.42 Å². The van der Waals surface area contributed by atoms with Crippen molar-refractivity contribution in [2.24, 2.45) is 71.0 Å². The van der Waals surface area contributed by atoms with E-state index in [2.05, 4.69) is 32.8 Å². The van der Waals surface area contributed by atoms with Gasteiger partial charge in [0.05, 0.1) is 0 Å². The topological polar surface area (TPSA) is 29.5 Å². The van der Waals surface area contributed by atoms with Gasteiger partial charge in [0.15, 0.2) is 0 Å². The Kier molecular flexibility index (Phi) is 16.7. The molecule has 0 N–H and O–H groups in total. The van der Waals surface area contributed by atoms with Crippen LogP contribution in [0, 0.1) is 71.0 Å². The number of ether oxygens (including phenoxy) is 1. The molecule has 6 fully saturated rings. The zero-order chi connectivity index (χ0) is 36.3. The Balaban J connectivity index is 0.729. The third kappa shape index (κ3) is 15.2. The number of hydrogen-bond donors (Lipinski definition) is 0. The first-order chi connectivity index (χ1) is 25.4. The first-order valence-corrected chi connectivity index (χ1v) is 24.2. The molecule has 12 unspecified atom stereocenters. The molecule has 13 atom stereocenters. The SMILES string of the molecule is CCC1CC1CC1CC1CC1CC1CCCCCCCCC(CCCCCCCCC1CC1CC1C[C@H]1CC1CC1CC)OC(=O)CCCN(C)C. The molecule has 0 heterocycles. The highest BCUT2D eigenvalue weighted by molar-refractivity contribution is 5.69. The fourth-order valence-electron chi connectivity index (χ4n) is 11.5. The molecule has 0 spiro atoms. The van der Waals surface area contributed by atoms with Gasteiger partial charge in [-0.3, -0.25) is 4.79 Å². The van der Waals surface area contributed by atoms with Gasteiger partial charge in [0.1, 0.15) is 6.10 Å². The number of nitrogens with zero attached hydrogens (tertiary/aromatic N) is 1. The lowest BCUT2D eigenvalue weighted by Gasteiger charge is -2.18. The van der Waals surface area contributed by atoms with Crippen molar-refractivity contribution in [2.75, 3.05) is 20.6 Å². The summed E-state index contributed by atoms with van der Waals surface area (Å²) in [4.78, 5) is 14.8. The van der Waals surface area contributed by atoms with E-state index < -0.39 is 0 Å². The average Bonchev–Trinajstić information content (AvgIpc) is 3.89. The number of rotatable bonds is 33. The van der Waals surface area contributed by atoms with Gasteiger partial charge in [0.25, 0.3) is 0 Å². The van der Waals surface area contributed by atoms with E-state index in [4.69, 9.17) is 4.74 Å². The molecule has 0 aromatic carbocycles. The summed E-state index contributed by atoms with van der Waals surface area (Å²) in [6.07, 6.45) is 41.8. The molecule has 0 bridgehead atoms.